The summed E-state index contributed by atoms with van der Waals surface area (Å²) in [6.45, 7) is 4.21. The molecule has 20 heteroatoms. The quantitative estimate of drug-likeness (QED) is 0.0248. The second-order valence-corrected chi connectivity index (χ2v) is 15.9. The minimum absolute atomic E-state index is 0.0604. The van der Waals surface area contributed by atoms with E-state index in [0.29, 0.717) is 5.56 Å². The van der Waals surface area contributed by atoms with Gasteiger partial charge in [0.05, 0.1) is 12.1 Å². The summed E-state index contributed by atoms with van der Waals surface area (Å²) in [6, 6.07) is 8.29. The van der Waals surface area contributed by atoms with Crippen molar-refractivity contribution in [2.24, 2.45) is 22.2 Å². The number of aliphatic carboxylic acids is 1. The highest BCUT2D eigenvalue weighted by molar-refractivity contribution is 7.81. The lowest BCUT2D eigenvalue weighted by atomic mass is 10.0. The number of aromatic nitrogens is 1. The van der Waals surface area contributed by atoms with Crippen molar-refractivity contribution >= 4 is 77.6 Å². The minimum Gasteiger partial charge on any atom is -0.480 e. The summed E-state index contributed by atoms with van der Waals surface area (Å²) in [4.78, 5) is 87.1. The average molecular weight is 843 g/mol. The Labute approximate surface area is 347 Å². The number of rotatable bonds is 22. The number of carboxylic acid groups (broad SMARTS) is 1. The third kappa shape index (κ3) is 14.3. The van der Waals surface area contributed by atoms with Gasteiger partial charge in [0.1, 0.15) is 30.2 Å². The van der Waals surface area contributed by atoms with Gasteiger partial charge in [0.2, 0.25) is 29.5 Å². The molecule has 0 aliphatic rings. The predicted molar refractivity (Wildman–Crippen MR) is 226 cm³/mol. The Balaban J connectivity index is 1.90. The molecule has 0 saturated carbocycles. The average Bonchev–Trinajstić information content (AvgIpc) is 3.57. The Hall–Kier alpha value is -5.31. The van der Waals surface area contributed by atoms with Crippen molar-refractivity contribution < 1.29 is 39.0 Å². The van der Waals surface area contributed by atoms with E-state index in [1.807, 2.05) is 48.5 Å². The summed E-state index contributed by atoms with van der Waals surface area (Å²) < 4.78 is -1.23. The largest absolute Gasteiger partial charge is 0.480 e. The molecule has 3 rings (SSSR count). The Bertz CT molecular complexity index is 1920. The Morgan fingerprint density at radius 2 is 1.40 bits per heavy atom. The molecule has 18 nitrogen and oxygen atoms in total. The number of H-pyrrole nitrogens is 1. The van der Waals surface area contributed by atoms with E-state index in [1.54, 1.807) is 12.3 Å². The van der Waals surface area contributed by atoms with Gasteiger partial charge in [0, 0.05) is 40.6 Å². The first-order chi connectivity index (χ1) is 27.3. The van der Waals surface area contributed by atoms with E-state index in [4.69, 9.17) is 17.2 Å². The number of aliphatic imine (C=N–C) groups is 1. The Morgan fingerprint density at radius 3 is 2.00 bits per heavy atom. The molecule has 2 aromatic carbocycles. The number of carboxylic acids is 1. The van der Waals surface area contributed by atoms with E-state index in [2.05, 4.69) is 61.8 Å². The van der Waals surface area contributed by atoms with Crippen LogP contribution in [0.5, 0.6) is 0 Å². The lowest BCUT2D eigenvalue weighted by Gasteiger charge is -2.30. The molecule has 7 atom stereocenters. The number of carbonyl (C=O) groups excluding carboxylic acids is 5. The standard InChI is InChI=1S/C38H54N10O8S2/c1-20(49)29(35(54)48-30(36(55)56)38(2,3)58)47-32(51)26(14-9-15-42-37(40)41)44-33(52)27(17-22-18-43-25-13-8-7-12-23(22)25)45-34(53)28(19-57)46-31(50)24(39)16-21-10-5-4-6-11-21/h4-8,10-13,18,20,24,26-30,43,49,57-58H,9,14-17,19,39H2,1-3H3,(H,44,52)(H,45,53)(H,46,50)(H,47,51)(H,48,54)(H,55,56)(H4,40,41,42)/t20-,24+,26+,27+,28+,29+,30-/m1/s1. The molecule has 3 aromatic rings. The van der Waals surface area contributed by atoms with Crippen molar-refractivity contribution in [3.63, 3.8) is 0 Å². The van der Waals surface area contributed by atoms with Gasteiger partial charge >= 0.3 is 5.97 Å². The van der Waals surface area contributed by atoms with Gasteiger partial charge < -0.3 is 59.0 Å². The van der Waals surface area contributed by atoms with Crippen LogP contribution in [0, 0.1) is 0 Å². The van der Waals surface area contributed by atoms with Crippen molar-refractivity contribution in [2.75, 3.05) is 12.3 Å². The summed E-state index contributed by atoms with van der Waals surface area (Å²) >= 11 is 8.53. The first-order valence-electron chi connectivity index (χ1n) is 18.5. The zero-order valence-corrected chi connectivity index (χ0v) is 34.3. The summed E-state index contributed by atoms with van der Waals surface area (Å²) in [5.74, 6) is -5.87. The highest BCUT2D eigenvalue weighted by Crippen LogP contribution is 2.20. The number of para-hydroxylation sites is 1. The maximum absolute atomic E-state index is 14.2. The second-order valence-electron chi connectivity index (χ2n) is 14.3. The molecule has 0 bridgehead atoms. The Morgan fingerprint density at radius 1 is 0.810 bits per heavy atom. The van der Waals surface area contributed by atoms with Gasteiger partial charge in [0.25, 0.3) is 0 Å². The normalized spacial score (nSPS) is 15.0. The molecule has 0 aliphatic heterocycles. The molecule has 5 amide bonds. The number of hydrogen-bond donors (Lipinski definition) is 13. The van der Waals surface area contributed by atoms with Crippen molar-refractivity contribution in [3.8, 4) is 0 Å². The van der Waals surface area contributed by atoms with Crippen LogP contribution in [0.2, 0.25) is 0 Å². The van der Waals surface area contributed by atoms with Gasteiger partial charge in [-0.2, -0.15) is 25.3 Å². The van der Waals surface area contributed by atoms with Gasteiger partial charge in [-0.05, 0) is 57.2 Å². The smallest absolute Gasteiger partial charge is 0.327 e. The van der Waals surface area contributed by atoms with E-state index in [1.165, 1.54) is 20.8 Å². The van der Waals surface area contributed by atoms with Crippen LogP contribution in [-0.2, 0) is 41.6 Å². The van der Waals surface area contributed by atoms with E-state index >= 15 is 0 Å². The number of fused-ring (bicyclic) bond motifs is 1. The maximum atomic E-state index is 14.2. The fraction of sp³-hybridized carbons (Fsp3) is 0.447. The van der Waals surface area contributed by atoms with E-state index in [0.717, 1.165) is 16.5 Å². The molecule has 14 N–H and O–H groups in total. The summed E-state index contributed by atoms with van der Waals surface area (Å²) in [5.41, 5.74) is 19.3. The number of benzene rings is 2. The van der Waals surface area contributed by atoms with Crippen LogP contribution in [-0.4, -0.2) is 116 Å². The van der Waals surface area contributed by atoms with Gasteiger partial charge in [-0.1, -0.05) is 48.5 Å². The van der Waals surface area contributed by atoms with Crippen LogP contribution in [0.3, 0.4) is 0 Å². The van der Waals surface area contributed by atoms with Crippen LogP contribution in [0.15, 0.2) is 65.8 Å². The number of thiol groups is 2. The van der Waals surface area contributed by atoms with Crippen molar-refractivity contribution in [1.29, 1.82) is 0 Å². The maximum Gasteiger partial charge on any atom is 0.327 e. The topological polar surface area (TPSA) is 309 Å². The molecule has 0 radical (unpaired) electrons. The molecule has 0 aliphatic carbocycles. The van der Waals surface area contributed by atoms with Gasteiger partial charge in [0.15, 0.2) is 5.96 Å². The summed E-state index contributed by atoms with van der Waals surface area (Å²) in [5, 5.41) is 33.6. The summed E-state index contributed by atoms with van der Waals surface area (Å²) in [7, 11) is 0. The van der Waals surface area contributed by atoms with Crippen molar-refractivity contribution in [3.05, 3.63) is 71.9 Å². The number of aliphatic hydroxyl groups is 1. The van der Waals surface area contributed by atoms with E-state index < -0.39 is 82.6 Å². The lowest BCUT2D eigenvalue weighted by Crippen LogP contribution is -2.62. The fourth-order valence-electron chi connectivity index (χ4n) is 5.91. The minimum atomic E-state index is -1.66. The molecule has 0 saturated heterocycles. The predicted octanol–water partition coefficient (Wildman–Crippen LogP) is -1.14. The molecule has 58 heavy (non-hydrogen) atoms. The van der Waals surface area contributed by atoms with Gasteiger partial charge in [-0.25, -0.2) is 4.79 Å². The SMILES string of the molecule is C[C@@H](O)[C@H](NC(=O)[C@H](CCCN=C(N)N)NC(=O)[C@H](Cc1c[nH]c2ccccc12)NC(=O)[C@H](CS)NC(=O)[C@@H](N)Cc1ccccc1)C(=O)N[C@H](C(=O)O)C(C)(C)S. The number of aliphatic hydroxyl groups excluding tert-OH is 1. The molecule has 1 aromatic heterocycles. The number of amides is 5. The number of carbonyl (C=O) groups is 6. The molecule has 316 valence electrons. The number of aromatic amines is 1. The van der Waals surface area contributed by atoms with Gasteiger partial charge in [-0.15, -0.1) is 0 Å². The van der Waals surface area contributed by atoms with E-state index in [9.17, 15) is 39.0 Å². The summed E-state index contributed by atoms with van der Waals surface area (Å²) in [6.07, 6.45) is 0.386. The third-order valence-electron chi connectivity index (χ3n) is 9.06. The lowest BCUT2D eigenvalue weighted by molar-refractivity contribution is -0.143. The first-order valence-corrected chi connectivity index (χ1v) is 19.6. The van der Waals surface area contributed by atoms with Crippen LogP contribution in [0.25, 0.3) is 10.9 Å². The van der Waals surface area contributed by atoms with Crippen molar-refractivity contribution in [1.82, 2.24) is 31.6 Å². The van der Waals surface area contributed by atoms with E-state index in [-0.39, 0.29) is 43.9 Å². The highest BCUT2D eigenvalue weighted by atomic mass is 32.1. The van der Waals surface area contributed by atoms with Gasteiger partial charge in [-0.3, -0.25) is 29.0 Å². The fourth-order valence-corrected chi connectivity index (χ4v) is 6.34. The monoisotopic (exact) mass is 842 g/mol. The number of nitrogens with zero attached hydrogens (tertiary/aromatic N) is 1. The highest BCUT2D eigenvalue weighted by Gasteiger charge is 2.38. The molecule has 0 fully saturated rings. The number of nitrogens with one attached hydrogen (secondary N) is 6. The number of hydrogen-bond acceptors (Lipinski definition) is 11. The number of nitrogens with two attached hydrogens (primary N) is 3. The molecule has 0 spiro atoms. The number of guanidine groups is 1. The zero-order valence-electron chi connectivity index (χ0n) is 32.5. The Kier molecular flexibility index (Phi) is 17.9. The zero-order chi connectivity index (χ0) is 43.2. The van der Waals surface area contributed by atoms with Crippen LogP contribution >= 0.6 is 25.3 Å². The molecule has 1 heterocycles. The van der Waals surface area contributed by atoms with Crippen molar-refractivity contribution in [2.45, 2.75) is 93.6 Å². The molecular weight excluding hydrogens is 789 g/mol. The first kappa shape index (κ1) is 47.1. The van der Waals surface area contributed by atoms with Crippen LogP contribution in [0.1, 0.15) is 44.7 Å². The third-order valence-corrected chi connectivity index (χ3v) is 9.69. The van der Waals surface area contributed by atoms with Crippen LogP contribution in [0.4, 0.5) is 0 Å². The molecule has 0 unspecified atom stereocenters. The van der Waals surface area contributed by atoms with Crippen LogP contribution < -0.4 is 43.8 Å². The second kappa shape index (κ2) is 22.0. The molecular formula is C38H54N10O8S2.